The lowest BCUT2D eigenvalue weighted by Crippen LogP contribution is -2.26. The van der Waals surface area contributed by atoms with Crippen LogP contribution in [0.2, 0.25) is 0 Å². The lowest BCUT2D eigenvalue weighted by atomic mass is 9.88. The second kappa shape index (κ2) is 4.33. The van der Waals surface area contributed by atoms with E-state index in [1.165, 1.54) is 11.1 Å². The quantitative estimate of drug-likeness (QED) is 0.804. The molecular weight excluding hydrogens is 186 g/mol. The largest absolute Gasteiger partial charge is 0.378 e. The Balaban J connectivity index is 2.16. The first-order chi connectivity index (χ1) is 7.18. The number of hydrogen-bond donors (Lipinski definition) is 1. The third-order valence-electron chi connectivity index (χ3n) is 3.32. The fourth-order valence-corrected chi connectivity index (χ4v) is 2.34. The minimum atomic E-state index is 0.113. The summed E-state index contributed by atoms with van der Waals surface area (Å²) in [6.45, 7) is 5.07. The molecule has 0 aromatic heterocycles. The Morgan fingerprint density at radius 1 is 1.47 bits per heavy atom. The topological polar surface area (TPSA) is 35.2 Å². The lowest BCUT2D eigenvalue weighted by molar-refractivity contribution is 0.0995. The minimum absolute atomic E-state index is 0.113. The summed E-state index contributed by atoms with van der Waals surface area (Å²) in [6.07, 6.45) is 1.37. The van der Waals surface area contributed by atoms with Crippen molar-refractivity contribution >= 4 is 0 Å². The van der Waals surface area contributed by atoms with Crippen LogP contribution in [-0.2, 0) is 4.74 Å². The van der Waals surface area contributed by atoms with E-state index in [1.807, 2.05) is 0 Å². The van der Waals surface area contributed by atoms with Gasteiger partial charge in [-0.05, 0) is 25.8 Å². The predicted molar refractivity (Wildman–Crippen MR) is 61.6 cm³/mol. The first kappa shape index (κ1) is 10.7. The van der Waals surface area contributed by atoms with Gasteiger partial charge in [-0.3, -0.25) is 0 Å². The highest BCUT2D eigenvalue weighted by Gasteiger charge is 2.30. The number of benzene rings is 1. The van der Waals surface area contributed by atoms with Crippen molar-refractivity contribution in [2.24, 2.45) is 11.7 Å². The summed E-state index contributed by atoms with van der Waals surface area (Å²) in [5.74, 6) is 0.465. The van der Waals surface area contributed by atoms with E-state index < -0.39 is 0 Å². The molecular formula is C13H19NO. The molecule has 1 fully saturated rings. The monoisotopic (exact) mass is 205 g/mol. The molecule has 3 unspecified atom stereocenters. The van der Waals surface area contributed by atoms with Crippen molar-refractivity contribution in [1.82, 2.24) is 0 Å². The Hall–Kier alpha value is -0.860. The maximum absolute atomic E-state index is 6.28. The third kappa shape index (κ3) is 2.21. The molecule has 1 aliphatic rings. The first-order valence-electron chi connectivity index (χ1n) is 5.62. The van der Waals surface area contributed by atoms with Gasteiger partial charge in [-0.15, -0.1) is 0 Å². The van der Waals surface area contributed by atoms with Crippen LogP contribution in [0.4, 0.5) is 0 Å². The second-order valence-corrected chi connectivity index (χ2v) is 4.47. The molecule has 1 aromatic carbocycles. The summed E-state index contributed by atoms with van der Waals surface area (Å²) in [6, 6.07) is 8.58. The van der Waals surface area contributed by atoms with Crippen molar-refractivity contribution < 1.29 is 4.74 Å². The molecule has 1 saturated heterocycles. The maximum atomic E-state index is 6.28. The Morgan fingerprint density at radius 2 is 2.27 bits per heavy atom. The SMILES string of the molecule is Cc1cccc(C(N)C2CCOC2C)c1. The molecule has 2 heteroatoms. The number of aryl methyl sites for hydroxylation is 1. The molecule has 0 amide bonds. The Labute approximate surface area is 91.4 Å². The number of ether oxygens (including phenoxy) is 1. The van der Waals surface area contributed by atoms with Gasteiger partial charge in [-0.1, -0.05) is 29.8 Å². The van der Waals surface area contributed by atoms with Gasteiger partial charge in [-0.2, -0.15) is 0 Å². The molecule has 15 heavy (non-hydrogen) atoms. The van der Waals surface area contributed by atoms with Crippen molar-refractivity contribution in [3.05, 3.63) is 35.4 Å². The molecule has 2 nitrogen and oxygen atoms in total. The van der Waals surface area contributed by atoms with Crippen molar-refractivity contribution in [3.63, 3.8) is 0 Å². The Morgan fingerprint density at radius 3 is 2.87 bits per heavy atom. The summed E-state index contributed by atoms with van der Waals surface area (Å²) < 4.78 is 5.56. The summed E-state index contributed by atoms with van der Waals surface area (Å²) in [5, 5.41) is 0. The van der Waals surface area contributed by atoms with Crippen LogP contribution in [0.1, 0.15) is 30.5 Å². The molecule has 0 aliphatic carbocycles. The summed E-state index contributed by atoms with van der Waals surface area (Å²) in [7, 11) is 0. The molecule has 1 aromatic rings. The van der Waals surface area contributed by atoms with Gasteiger partial charge in [-0.25, -0.2) is 0 Å². The van der Waals surface area contributed by atoms with E-state index in [0.29, 0.717) is 12.0 Å². The van der Waals surface area contributed by atoms with Gasteiger partial charge in [0.1, 0.15) is 0 Å². The zero-order valence-corrected chi connectivity index (χ0v) is 9.44. The molecule has 0 bridgehead atoms. The van der Waals surface area contributed by atoms with Crippen LogP contribution in [0.5, 0.6) is 0 Å². The van der Waals surface area contributed by atoms with Crippen molar-refractivity contribution in [2.75, 3.05) is 6.61 Å². The predicted octanol–water partition coefficient (Wildman–Crippen LogP) is 2.42. The summed E-state index contributed by atoms with van der Waals surface area (Å²) >= 11 is 0. The van der Waals surface area contributed by atoms with Crippen molar-refractivity contribution in [3.8, 4) is 0 Å². The van der Waals surface area contributed by atoms with Gasteiger partial charge < -0.3 is 10.5 Å². The maximum Gasteiger partial charge on any atom is 0.0594 e. The van der Waals surface area contributed by atoms with Crippen molar-refractivity contribution in [2.45, 2.75) is 32.4 Å². The average molecular weight is 205 g/mol. The van der Waals surface area contributed by atoms with Crippen LogP contribution in [0.3, 0.4) is 0 Å². The van der Waals surface area contributed by atoms with E-state index in [9.17, 15) is 0 Å². The van der Waals surface area contributed by atoms with Gasteiger partial charge >= 0.3 is 0 Å². The minimum Gasteiger partial charge on any atom is -0.378 e. The molecule has 2 rings (SSSR count). The van der Waals surface area contributed by atoms with Crippen LogP contribution >= 0.6 is 0 Å². The fraction of sp³-hybridized carbons (Fsp3) is 0.538. The van der Waals surface area contributed by atoms with Crippen LogP contribution in [0.25, 0.3) is 0 Å². The van der Waals surface area contributed by atoms with Gasteiger partial charge in [0.05, 0.1) is 6.10 Å². The Kier molecular flexibility index (Phi) is 3.08. The zero-order valence-electron chi connectivity index (χ0n) is 9.44. The highest BCUT2D eigenvalue weighted by atomic mass is 16.5. The zero-order chi connectivity index (χ0) is 10.8. The molecule has 2 N–H and O–H groups in total. The summed E-state index contributed by atoms with van der Waals surface area (Å²) in [5.41, 5.74) is 8.79. The molecule has 0 spiro atoms. The molecule has 0 saturated carbocycles. The van der Waals surface area contributed by atoms with E-state index in [1.54, 1.807) is 0 Å². The standard InChI is InChI=1S/C13H19NO/c1-9-4-3-5-11(8-9)13(14)12-6-7-15-10(12)2/h3-5,8,10,12-13H,6-7,14H2,1-2H3. The summed E-state index contributed by atoms with van der Waals surface area (Å²) in [4.78, 5) is 0. The molecule has 0 radical (unpaired) electrons. The van der Waals surface area contributed by atoms with Gasteiger partial charge in [0.15, 0.2) is 0 Å². The Bertz CT molecular complexity index is 337. The number of hydrogen-bond acceptors (Lipinski definition) is 2. The van der Waals surface area contributed by atoms with Crippen LogP contribution < -0.4 is 5.73 Å². The highest BCUT2D eigenvalue weighted by Crippen LogP contribution is 2.31. The van der Waals surface area contributed by atoms with E-state index in [4.69, 9.17) is 10.5 Å². The van der Waals surface area contributed by atoms with Crippen molar-refractivity contribution in [1.29, 1.82) is 0 Å². The van der Waals surface area contributed by atoms with E-state index in [2.05, 4.69) is 38.1 Å². The fourth-order valence-electron chi connectivity index (χ4n) is 2.34. The smallest absolute Gasteiger partial charge is 0.0594 e. The molecule has 3 atom stereocenters. The van der Waals surface area contributed by atoms with Crippen LogP contribution in [0.15, 0.2) is 24.3 Å². The molecule has 82 valence electrons. The number of rotatable bonds is 2. The van der Waals surface area contributed by atoms with Gasteiger partial charge in [0.2, 0.25) is 0 Å². The normalized spacial score (nSPS) is 27.9. The third-order valence-corrected chi connectivity index (χ3v) is 3.32. The van der Waals surface area contributed by atoms with E-state index in [-0.39, 0.29) is 6.04 Å². The van der Waals surface area contributed by atoms with E-state index >= 15 is 0 Å². The average Bonchev–Trinajstić information content (AvgIpc) is 2.63. The van der Waals surface area contributed by atoms with Gasteiger partial charge in [0.25, 0.3) is 0 Å². The highest BCUT2D eigenvalue weighted by molar-refractivity contribution is 5.25. The number of nitrogens with two attached hydrogens (primary N) is 1. The second-order valence-electron chi connectivity index (χ2n) is 4.47. The van der Waals surface area contributed by atoms with Crippen LogP contribution in [0, 0.1) is 12.8 Å². The van der Waals surface area contributed by atoms with Crippen LogP contribution in [-0.4, -0.2) is 12.7 Å². The molecule has 1 heterocycles. The molecule has 1 aliphatic heterocycles. The first-order valence-corrected chi connectivity index (χ1v) is 5.62. The lowest BCUT2D eigenvalue weighted by Gasteiger charge is -2.22. The van der Waals surface area contributed by atoms with Gasteiger partial charge in [0, 0.05) is 18.6 Å². The van der Waals surface area contributed by atoms with E-state index in [0.717, 1.165) is 13.0 Å².